The number of carbonyl (C=O) groups is 1. The van der Waals surface area contributed by atoms with E-state index in [1.165, 1.54) is 0 Å². The largest absolute Gasteiger partial charge is 0.478 e. The molecule has 2 aromatic rings. The highest BCUT2D eigenvalue weighted by molar-refractivity contribution is 9.10. The van der Waals surface area contributed by atoms with E-state index in [0.717, 1.165) is 11.0 Å². The van der Waals surface area contributed by atoms with E-state index in [1.54, 1.807) is 24.7 Å². The monoisotopic (exact) mass is 323 g/mol. The molecule has 1 aromatic carbocycles. The standard InChI is InChI=1S/C13H14BrN3O2/c1-9(7-17-5-4-15-8-17)16-12-3-2-10(14)6-11(12)13(18)19/h2-6,8-9,16H,7H2,1H3,(H,18,19). The lowest BCUT2D eigenvalue weighted by molar-refractivity contribution is 0.0698. The van der Waals surface area contributed by atoms with Gasteiger partial charge in [0.05, 0.1) is 11.9 Å². The fraction of sp³-hybridized carbons (Fsp3) is 0.231. The molecule has 0 aliphatic rings. The van der Waals surface area contributed by atoms with Crippen molar-refractivity contribution in [3.63, 3.8) is 0 Å². The number of aromatic nitrogens is 2. The Balaban J connectivity index is 2.12. The first-order valence-corrected chi connectivity index (χ1v) is 6.60. The second-order valence-electron chi connectivity index (χ2n) is 4.30. The third-order valence-electron chi connectivity index (χ3n) is 2.66. The summed E-state index contributed by atoms with van der Waals surface area (Å²) in [6.45, 7) is 2.71. The van der Waals surface area contributed by atoms with Gasteiger partial charge in [0.15, 0.2) is 0 Å². The smallest absolute Gasteiger partial charge is 0.337 e. The van der Waals surface area contributed by atoms with Gasteiger partial charge in [-0.05, 0) is 25.1 Å². The summed E-state index contributed by atoms with van der Waals surface area (Å²) < 4.78 is 2.69. The Morgan fingerprint density at radius 3 is 3.00 bits per heavy atom. The van der Waals surface area contributed by atoms with Crippen LogP contribution < -0.4 is 5.32 Å². The highest BCUT2D eigenvalue weighted by Crippen LogP contribution is 2.22. The number of carboxylic acids is 1. The molecule has 1 atom stereocenters. The molecule has 0 fully saturated rings. The fourth-order valence-corrected chi connectivity index (χ4v) is 2.20. The Morgan fingerprint density at radius 2 is 2.37 bits per heavy atom. The molecule has 0 bridgehead atoms. The van der Waals surface area contributed by atoms with Crippen LogP contribution in [0.1, 0.15) is 17.3 Å². The second-order valence-corrected chi connectivity index (χ2v) is 5.22. The number of rotatable bonds is 5. The zero-order valence-electron chi connectivity index (χ0n) is 10.4. The van der Waals surface area contributed by atoms with E-state index in [2.05, 4.69) is 26.2 Å². The summed E-state index contributed by atoms with van der Waals surface area (Å²) in [6.07, 6.45) is 5.32. The van der Waals surface area contributed by atoms with Gasteiger partial charge >= 0.3 is 5.97 Å². The Hall–Kier alpha value is -1.82. The van der Waals surface area contributed by atoms with Crippen LogP contribution in [0.4, 0.5) is 5.69 Å². The Labute approximate surface area is 119 Å². The van der Waals surface area contributed by atoms with E-state index in [0.29, 0.717) is 5.69 Å². The summed E-state index contributed by atoms with van der Waals surface area (Å²) in [5.74, 6) is -0.946. The quantitative estimate of drug-likeness (QED) is 0.887. The fourth-order valence-electron chi connectivity index (χ4n) is 1.84. The van der Waals surface area contributed by atoms with Gasteiger partial charge < -0.3 is 15.0 Å². The third kappa shape index (κ3) is 3.57. The minimum absolute atomic E-state index is 0.0912. The van der Waals surface area contributed by atoms with Gasteiger partial charge in [-0.2, -0.15) is 0 Å². The second kappa shape index (κ2) is 5.88. The maximum absolute atomic E-state index is 11.2. The molecule has 2 rings (SSSR count). The number of aromatic carboxylic acids is 1. The van der Waals surface area contributed by atoms with E-state index in [1.807, 2.05) is 23.8 Å². The number of carboxylic acid groups (broad SMARTS) is 1. The Kier molecular flexibility index (Phi) is 4.21. The van der Waals surface area contributed by atoms with Crippen LogP contribution in [0.15, 0.2) is 41.4 Å². The highest BCUT2D eigenvalue weighted by atomic mass is 79.9. The lowest BCUT2D eigenvalue weighted by Crippen LogP contribution is -2.22. The zero-order valence-corrected chi connectivity index (χ0v) is 12.0. The lowest BCUT2D eigenvalue weighted by atomic mass is 10.1. The molecule has 5 nitrogen and oxygen atoms in total. The van der Waals surface area contributed by atoms with Gasteiger partial charge in [0, 0.05) is 35.1 Å². The molecule has 100 valence electrons. The zero-order chi connectivity index (χ0) is 13.8. The van der Waals surface area contributed by atoms with Crippen molar-refractivity contribution in [1.82, 2.24) is 9.55 Å². The molecule has 1 unspecified atom stereocenters. The number of hydrogen-bond donors (Lipinski definition) is 2. The molecule has 1 aromatic heterocycles. The summed E-state index contributed by atoms with van der Waals surface area (Å²) >= 11 is 3.28. The van der Waals surface area contributed by atoms with Crippen LogP contribution in [0.3, 0.4) is 0 Å². The predicted octanol–water partition coefficient (Wildman–Crippen LogP) is 2.84. The SMILES string of the molecule is CC(Cn1ccnc1)Nc1ccc(Br)cc1C(=O)O. The van der Waals surface area contributed by atoms with Gasteiger partial charge in [0.25, 0.3) is 0 Å². The van der Waals surface area contributed by atoms with Gasteiger partial charge in [0.2, 0.25) is 0 Å². The minimum atomic E-state index is -0.946. The van der Waals surface area contributed by atoms with E-state index < -0.39 is 5.97 Å². The molecule has 0 spiro atoms. The number of anilines is 1. The maximum Gasteiger partial charge on any atom is 0.337 e. The van der Waals surface area contributed by atoms with Gasteiger partial charge in [-0.15, -0.1) is 0 Å². The van der Waals surface area contributed by atoms with Crippen molar-refractivity contribution in [1.29, 1.82) is 0 Å². The molecule has 1 heterocycles. The Morgan fingerprint density at radius 1 is 1.58 bits per heavy atom. The van der Waals surface area contributed by atoms with Gasteiger partial charge in [-0.25, -0.2) is 9.78 Å². The van der Waals surface area contributed by atoms with Crippen LogP contribution >= 0.6 is 15.9 Å². The molecule has 0 aliphatic carbocycles. The van der Waals surface area contributed by atoms with Crippen LogP contribution in [-0.4, -0.2) is 26.7 Å². The average molecular weight is 324 g/mol. The first-order chi connectivity index (χ1) is 9.06. The molecule has 0 amide bonds. The van der Waals surface area contributed by atoms with E-state index >= 15 is 0 Å². The first kappa shape index (κ1) is 13.6. The van der Waals surface area contributed by atoms with Crippen LogP contribution in [0.2, 0.25) is 0 Å². The topological polar surface area (TPSA) is 67.2 Å². The molecule has 0 saturated heterocycles. The minimum Gasteiger partial charge on any atom is -0.478 e. The molecule has 2 N–H and O–H groups in total. The molecule has 19 heavy (non-hydrogen) atoms. The number of nitrogens with zero attached hydrogens (tertiary/aromatic N) is 2. The lowest BCUT2D eigenvalue weighted by Gasteiger charge is -2.17. The molecular formula is C13H14BrN3O2. The van der Waals surface area contributed by atoms with Crippen LogP contribution in [0.5, 0.6) is 0 Å². The van der Waals surface area contributed by atoms with E-state index in [9.17, 15) is 9.90 Å². The number of hydrogen-bond acceptors (Lipinski definition) is 3. The number of halogens is 1. The van der Waals surface area contributed by atoms with Gasteiger partial charge in [0.1, 0.15) is 0 Å². The molecular weight excluding hydrogens is 310 g/mol. The van der Waals surface area contributed by atoms with Gasteiger partial charge in [-0.3, -0.25) is 0 Å². The van der Waals surface area contributed by atoms with Crippen molar-refractivity contribution in [2.45, 2.75) is 19.5 Å². The van der Waals surface area contributed by atoms with Crippen molar-refractivity contribution in [3.05, 3.63) is 47.0 Å². The van der Waals surface area contributed by atoms with Crippen molar-refractivity contribution in [3.8, 4) is 0 Å². The Bertz CT molecular complexity index is 569. The van der Waals surface area contributed by atoms with E-state index in [-0.39, 0.29) is 11.6 Å². The van der Waals surface area contributed by atoms with Crippen molar-refractivity contribution in [2.75, 3.05) is 5.32 Å². The number of imidazole rings is 1. The first-order valence-electron chi connectivity index (χ1n) is 5.81. The van der Waals surface area contributed by atoms with Crippen molar-refractivity contribution in [2.24, 2.45) is 0 Å². The van der Waals surface area contributed by atoms with Gasteiger partial charge in [-0.1, -0.05) is 15.9 Å². The molecule has 0 aliphatic heterocycles. The molecule has 0 saturated carbocycles. The summed E-state index contributed by atoms with van der Waals surface area (Å²) in [5, 5.41) is 12.4. The van der Waals surface area contributed by atoms with Crippen LogP contribution in [0.25, 0.3) is 0 Å². The average Bonchev–Trinajstić information content (AvgIpc) is 2.83. The van der Waals surface area contributed by atoms with E-state index in [4.69, 9.17) is 0 Å². The van der Waals surface area contributed by atoms with Crippen molar-refractivity contribution < 1.29 is 9.90 Å². The van der Waals surface area contributed by atoms with Crippen LogP contribution in [-0.2, 0) is 6.54 Å². The number of nitrogens with one attached hydrogen (secondary N) is 1. The highest BCUT2D eigenvalue weighted by Gasteiger charge is 2.12. The van der Waals surface area contributed by atoms with Crippen LogP contribution in [0, 0.1) is 0 Å². The van der Waals surface area contributed by atoms with Crippen molar-refractivity contribution >= 4 is 27.6 Å². The maximum atomic E-state index is 11.2. The number of benzene rings is 1. The normalized spacial score (nSPS) is 12.1. The summed E-state index contributed by atoms with van der Waals surface area (Å²) in [5.41, 5.74) is 0.871. The summed E-state index contributed by atoms with van der Waals surface area (Å²) in [6, 6.07) is 5.26. The molecule has 6 heteroatoms. The molecule has 0 radical (unpaired) electrons. The predicted molar refractivity (Wildman–Crippen MR) is 76.4 cm³/mol. The summed E-state index contributed by atoms with van der Waals surface area (Å²) in [4.78, 5) is 15.2. The summed E-state index contributed by atoms with van der Waals surface area (Å²) in [7, 11) is 0. The third-order valence-corrected chi connectivity index (χ3v) is 3.15.